The van der Waals surface area contributed by atoms with E-state index < -0.39 is 18.5 Å². The molecular formula is C24H31F3N6O. The Labute approximate surface area is 197 Å². The Morgan fingerprint density at radius 2 is 1.68 bits per heavy atom. The minimum absolute atomic E-state index is 0.323. The number of rotatable bonds is 9. The summed E-state index contributed by atoms with van der Waals surface area (Å²) < 4.78 is 38.6. The van der Waals surface area contributed by atoms with E-state index in [0.29, 0.717) is 42.1 Å². The number of carbonyl (C=O) groups is 1. The smallest absolute Gasteiger partial charge is 0.369 e. The number of hydrazine groups is 2. The molecule has 4 N–H and O–H groups in total. The second kappa shape index (κ2) is 10.8. The molecule has 184 valence electrons. The maximum absolute atomic E-state index is 12.9. The van der Waals surface area contributed by atoms with Gasteiger partial charge in [-0.3, -0.25) is 10.2 Å². The third-order valence-electron chi connectivity index (χ3n) is 5.04. The van der Waals surface area contributed by atoms with E-state index in [2.05, 4.69) is 59.5 Å². The second-order valence-electron chi connectivity index (χ2n) is 9.13. The summed E-state index contributed by atoms with van der Waals surface area (Å²) in [5.41, 5.74) is 11.6. The third-order valence-corrected chi connectivity index (χ3v) is 5.04. The van der Waals surface area contributed by atoms with Gasteiger partial charge in [0.25, 0.3) is 0 Å². The lowest BCUT2D eigenvalue weighted by molar-refractivity contribution is -0.150. The molecular weight excluding hydrogens is 445 g/mol. The topological polar surface area (TPSA) is 80.8 Å². The first-order chi connectivity index (χ1) is 16.0. The molecule has 34 heavy (non-hydrogen) atoms. The summed E-state index contributed by atoms with van der Waals surface area (Å²) in [6.45, 7) is 9.73. The lowest BCUT2D eigenvalue weighted by atomic mass is 9.97. The highest BCUT2D eigenvalue weighted by molar-refractivity contribution is 6.05. The van der Waals surface area contributed by atoms with Crippen LogP contribution >= 0.6 is 0 Å². The van der Waals surface area contributed by atoms with E-state index in [-0.39, 0.29) is 0 Å². The van der Waals surface area contributed by atoms with E-state index in [1.54, 1.807) is 6.07 Å². The highest BCUT2D eigenvalue weighted by Crippen LogP contribution is 2.35. The maximum atomic E-state index is 12.9. The van der Waals surface area contributed by atoms with Crippen LogP contribution in [0.25, 0.3) is 11.1 Å². The van der Waals surface area contributed by atoms with E-state index in [1.807, 2.05) is 36.4 Å². The van der Waals surface area contributed by atoms with Crippen molar-refractivity contribution >= 4 is 23.1 Å². The minimum Gasteiger partial charge on any atom is -0.369 e. The fourth-order valence-electron chi connectivity index (χ4n) is 3.88. The molecule has 2 aromatic rings. The number of amidine groups is 1. The number of anilines is 2. The molecule has 0 spiro atoms. The molecule has 10 heteroatoms. The highest BCUT2D eigenvalue weighted by Gasteiger charge is 2.31. The molecule has 0 radical (unpaired) electrons. The van der Waals surface area contributed by atoms with Gasteiger partial charge in [-0.1, -0.05) is 58.0 Å². The lowest BCUT2D eigenvalue weighted by Crippen LogP contribution is -2.35. The molecule has 0 saturated heterocycles. The molecule has 1 aliphatic heterocycles. The number of hydrogen-bond acceptors (Lipinski definition) is 6. The van der Waals surface area contributed by atoms with Crippen LogP contribution < -0.4 is 26.7 Å². The average molecular weight is 477 g/mol. The van der Waals surface area contributed by atoms with Crippen molar-refractivity contribution in [1.82, 2.24) is 16.5 Å². The van der Waals surface area contributed by atoms with Gasteiger partial charge in [0.1, 0.15) is 6.42 Å². The maximum Gasteiger partial charge on any atom is 0.397 e. The SMILES string of the molecule is CC(C)CN(CC(C)C)c1ccc(-c2ccccc2C2=NNNN2)cc1NC(=O)CC(F)(F)F. The number of carbonyl (C=O) groups excluding carboxylic acids is 1. The van der Waals surface area contributed by atoms with Crippen LogP contribution in [-0.4, -0.2) is 31.0 Å². The Hall–Kier alpha value is -3.27. The summed E-state index contributed by atoms with van der Waals surface area (Å²) >= 11 is 0. The Bertz CT molecular complexity index is 1030. The van der Waals surface area contributed by atoms with Gasteiger partial charge in [0.15, 0.2) is 5.84 Å². The van der Waals surface area contributed by atoms with Crippen molar-refractivity contribution in [3.63, 3.8) is 0 Å². The second-order valence-corrected chi connectivity index (χ2v) is 9.13. The van der Waals surface area contributed by atoms with Crippen LogP contribution in [0.15, 0.2) is 47.6 Å². The van der Waals surface area contributed by atoms with E-state index in [9.17, 15) is 18.0 Å². The fraction of sp³-hybridized carbons (Fsp3) is 0.417. The number of nitrogens with one attached hydrogen (secondary N) is 4. The summed E-state index contributed by atoms with van der Waals surface area (Å²) in [7, 11) is 0. The van der Waals surface area contributed by atoms with Crippen LogP contribution in [0.3, 0.4) is 0 Å². The van der Waals surface area contributed by atoms with Gasteiger partial charge in [0.2, 0.25) is 5.91 Å². The molecule has 1 heterocycles. The van der Waals surface area contributed by atoms with Crippen LogP contribution in [0.2, 0.25) is 0 Å². The van der Waals surface area contributed by atoms with Gasteiger partial charge >= 0.3 is 6.18 Å². The first-order valence-corrected chi connectivity index (χ1v) is 11.2. The van der Waals surface area contributed by atoms with E-state index in [0.717, 1.165) is 16.7 Å². The van der Waals surface area contributed by atoms with Crippen LogP contribution in [0, 0.1) is 11.8 Å². The van der Waals surface area contributed by atoms with Crippen molar-refractivity contribution in [1.29, 1.82) is 0 Å². The summed E-state index contributed by atoms with van der Waals surface area (Å²) in [6.07, 6.45) is -6.13. The molecule has 3 rings (SSSR count). The highest BCUT2D eigenvalue weighted by atomic mass is 19.4. The normalized spacial score (nSPS) is 13.5. The zero-order chi connectivity index (χ0) is 24.9. The van der Waals surface area contributed by atoms with Gasteiger partial charge in [0, 0.05) is 18.7 Å². The van der Waals surface area contributed by atoms with E-state index in [4.69, 9.17) is 0 Å². The van der Waals surface area contributed by atoms with Crippen molar-refractivity contribution in [2.75, 3.05) is 23.3 Å². The molecule has 0 aromatic heterocycles. The fourth-order valence-corrected chi connectivity index (χ4v) is 3.88. The molecule has 0 unspecified atom stereocenters. The van der Waals surface area contributed by atoms with Gasteiger partial charge < -0.3 is 10.2 Å². The number of benzene rings is 2. The monoisotopic (exact) mass is 476 g/mol. The van der Waals surface area contributed by atoms with Gasteiger partial charge in [-0.05, 0) is 35.1 Å². The van der Waals surface area contributed by atoms with Gasteiger partial charge in [-0.25, -0.2) is 5.53 Å². The minimum atomic E-state index is -4.59. The molecule has 0 saturated carbocycles. The molecule has 0 aliphatic carbocycles. The summed E-state index contributed by atoms with van der Waals surface area (Å²) in [5.74, 6) is 0.126. The van der Waals surface area contributed by atoms with E-state index in [1.165, 1.54) is 0 Å². The van der Waals surface area contributed by atoms with Gasteiger partial charge in [0.05, 0.1) is 11.4 Å². The Balaban J connectivity index is 2.07. The van der Waals surface area contributed by atoms with Crippen molar-refractivity contribution in [2.24, 2.45) is 16.9 Å². The number of amides is 1. The molecule has 7 nitrogen and oxygen atoms in total. The Kier molecular flexibility index (Phi) is 8.03. The molecule has 1 aliphatic rings. The Morgan fingerprint density at radius 3 is 2.24 bits per heavy atom. The number of halogens is 3. The first kappa shape index (κ1) is 25.4. The summed E-state index contributed by atoms with van der Waals surface area (Å²) in [4.78, 5) is 14.4. The zero-order valence-electron chi connectivity index (χ0n) is 19.8. The average Bonchev–Trinajstić information content (AvgIpc) is 3.26. The van der Waals surface area contributed by atoms with Gasteiger partial charge in [-0.15, -0.1) is 10.6 Å². The van der Waals surface area contributed by atoms with Crippen LogP contribution in [0.4, 0.5) is 24.5 Å². The molecule has 0 bridgehead atoms. The predicted octanol–water partition coefficient (Wildman–Crippen LogP) is 4.64. The van der Waals surface area contributed by atoms with Crippen molar-refractivity contribution in [3.05, 3.63) is 48.0 Å². The lowest BCUT2D eigenvalue weighted by Gasteiger charge is -2.31. The van der Waals surface area contributed by atoms with Crippen molar-refractivity contribution in [3.8, 4) is 11.1 Å². The quantitative estimate of drug-likeness (QED) is 0.424. The van der Waals surface area contributed by atoms with Crippen LogP contribution in [0.1, 0.15) is 39.7 Å². The molecule has 1 amide bonds. The summed E-state index contributed by atoms with van der Waals surface area (Å²) in [5, 5.41) is 6.68. The number of alkyl halides is 3. The Morgan fingerprint density at radius 1 is 1.03 bits per heavy atom. The number of hydrazone groups is 1. The van der Waals surface area contributed by atoms with Gasteiger partial charge in [-0.2, -0.15) is 13.2 Å². The summed E-state index contributed by atoms with van der Waals surface area (Å²) in [6, 6.07) is 13.0. The molecule has 2 aromatic carbocycles. The van der Waals surface area contributed by atoms with Crippen molar-refractivity contribution < 1.29 is 18.0 Å². The standard InChI is InChI=1S/C24H31F3N6O/c1-15(2)13-33(14-16(3)4)21-10-9-17(11-20(21)28-22(34)12-24(25,26)27)18-7-5-6-8-19(18)23-29-31-32-30-23/h5-11,15-16,31-32H,12-14H2,1-4H3,(H,28,34)(H,29,30). The zero-order valence-corrected chi connectivity index (χ0v) is 19.8. The van der Waals surface area contributed by atoms with Crippen LogP contribution in [-0.2, 0) is 4.79 Å². The number of nitrogens with zero attached hydrogens (tertiary/aromatic N) is 2. The third kappa shape index (κ3) is 6.86. The van der Waals surface area contributed by atoms with Crippen LogP contribution in [0.5, 0.6) is 0 Å². The number of hydrogen-bond donors (Lipinski definition) is 4. The van der Waals surface area contributed by atoms with E-state index >= 15 is 0 Å². The predicted molar refractivity (Wildman–Crippen MR) is 129 cm³/mol. The first-order valence-electron chi connectivity index (χ1n) is 11.2. The molecule has 0 atom stereocenters. The molecule has 0 fully saturated rings. The largest absolute Gasteiger partial charge is 0.397 e. The van der Waals surface area contributed by atoms with Crippen molar-refractivity contribution in [2.45, 2.75) is 40.3 Å².